The summed E-state index contributed by atoms with van der Waals surface area (Å²) in [5, 5.41) is 3.62. The molecule has 1 N–H and O–H groups in total. The average Bonchev–Trinajstić information content (AvgIpc) is 2.97. The Morgan fingerprint density at radius 2 is 2.03 bits per heavy atom. The van der Waals surface area contributed by atoms with Gasteiger partial charge in [-0.25, -0.2) is 14.8 Å². The minimum atomic E-state index is -0.198. The lowest BCUT2D eigenvalue weighted by Crippen LogP contribution is -2.42. The molecule has 0 spiro atoms. The highest BCUT2D eigenvalue weighted by Crippen LogP contribution is 2.36. The SMILES string of the molecule is CCN1CC[C@@H](C)N(C(=O)Nc2nc(C)c(C)s2)c2nc(-c3ccnc(C)c3)ccc21. The summed E-state index contributed by atoms with van der Waals surface area (Å²) < 4.78 is 0. The first-order valence-corrected chi connectivity index (χ1v) is 11.4. The molecular formula is C23H28N6OS. The number of hydrogen-bond donors (Lipinski definition) is 1. The number of fused-ring (bicyclic) bond motifs is 1. The molecule has 3 aromatic rings. The molecule has 4 heterocycles. The van der Waals surface area contributed by atoms with E-state index in [4.69, 9.17) is 4.98 Å². The van der Waals surface area contributed by atoms with Gasteiger partial charge in [0.2, 0.25) is 0 Å². The highest BCUT2D eigenvalue weighted by Gasteiger charge is 2.31. The van der Waals surface area contributed by atoms with Crippen molar-refractivity contribution in [3.63, 3.8) is 0 Å². The first kappa shape index (κ1) is 21.2. The molecule has 0 unspecified atom stereocenters. The van der Waals surface area contributed by atoms with Crippen LogP contribution in [0.5, 0.6) is 0 Å². The summed E-state index contributed by atoms with van der Waals surface area (Å²) in [6.07, 6.45) is 2.65. The van der Waals surface area contributed by atoms with Gasteiger partial charge in [-0.1, -0.05) is 0 Å². The number of anilines is 3. The second-order valence-electron chi connectivity index (χ2n) is 7.90. The Hall–Kier alpha value is -3.00. The lowest BCUT2D eigenvalue weighted by molar-refractivity contribution is 0.255. The fourth-order valence-corrected chi connectivity index (χ4v) is 4.64. The van der Waals surface area contributed by atoms with Crippen LogP contribution in [-0.2, 0) is 0 Å². The predicted molar refractivity (Wildman–Crippen MR) is 127 cm³/mol. The normalized spacial score (nSPS) is 16.1. The van der Waals surface area contributed by atoms with Gasteiger partial charge in [0.1, 0.15) is 0 Å². The van der Waals surface area contributed by atoms with E-state index >= 15 is 0 Å². The molecule has 162 valence electrons. The van der Waals surface area contributed by atoms with Crippen LogP contribution in [-0.4, -0.2) is 40.1 Å². The fourth-order valence-electron chi connectivity index (χ4n) is 3.83. The molecule has 31 heavy (non-hydrogen) atoms. The zero-order valence-electron chi connectivity index (χ0n) is 18.6. The summed E-state index contributed by atoms with van der Waals surface area (Å²) in [4.78, 5) is 32.3. The maximum absolute atomic E-state index is 13.4. The summed E-state index contributed by atoms with van der Waals surface area (Å²) in [6, 6.07) is 7.86. The number of carbonyl (C=O) groups excluding carboxylic acids is 1. The van der Waals surface area contributed by atoms with Gasteiger partial charge in [-0.15, -0.1) is 11.3 Å². The number of carbonyl (C=O) groups is 1. The van der Waals surface area contributed by atoms with E-state index in [9.17, 15) is 4.79 Å². The van der Waals surface area contributed by atoms with E-state index in [1.165, 1.54) is 11.3 Å². The number of aryl methyl sites for hydroxylation is 3. The zero-order chi connectivity index (χ0) is 22.1. The molecule has 3 aromatic heterocycles. The molecule has 0 bridgehead atoms. The molecule has 1 aliphatic rings. The van der Waals surface area contributed by atoms with Gasteiger partial charge in [-0.05, 0) is 65.3 Å². The van der Waals surface area contributed by atoms with Crippen molar-refractivity contribution in [2.75, 3.05) is 28.2 Å². The average molecular weight is 437 g/mol. The Balaban J connectivity index is 1.77. The third-order valence-corrected chi connectivity index (χ3v) is 6.70. The van der Waals surface area contributed by atoms with Crippen LogP contribution in [0.25, 0.3) is 11.3 Å². The van der Waals surface area contributed by atoms with E-state index in [1.807, 2.05) is 39.0 Å². The molecular weight excluding hydrogens is 408 g/mol. The fraction of sp³-hybridized carbons (Fsp3) is 0.391. The first-order valence-electron chi connectivity index (χ1n) is 10.6. The topological polar surface area (TPSA) is 74.2 Å². The van der Waals surface area contributed by atoms with E-state index in [-0.39, 0.29) is 12.1 Å². The van der Waals surface area contributed by atoms with Crippen molar-refractivity contribution in [2.24, 2.45) is 0 Å². The van der Waals surface area contributed by atoms with Crippen LogP contribution in [0.3, 0.4) is 0 Å². The Morgan fingerprint density at radius 3 is 2.71 bits per heavy atom. The quantitative estimate of drug-likeness (QED) is 0.612. The largest absolute Gasteiger partial charge is 0.369 e. The van der Waals surface area contributed by atoms with Crippen LogP contribution in [0.2, 0.25) is 0 Å². The molecule has 0 saturated carbocycles. The monoisotopic (exact) mass is 436 g/mol. The van der Waals surface area contributed by atoms with Gasteiger partial charge < -0.3 is 4.90 Å². The molecule has 1 atom stereocenters. The van der Waals surface area contributed by atoms with Crippen molar-refractivity contribution in [3.8, 4) is 11.3 Å². The maximum atomic E-state index is 13.4. The molecule has 2 amide bonds. The highest BCUT2D eigenvalue weighted by molar-refractivity contribution is 7.15. The number of urea groups is 1. The summed E-state index contributed by atoms with van der Waals surface area (Å²) in [6.45, 7) is 11.9. The van der Waals surface area contributed by atoms with Crippen LogP contribution in [0, 0.1) is 20.8 Å². The number of nitrogens with one attached hydrogen (secondary N) is 1. The molecule has 0 aromatic carbocycles. The summed E-state index contributed by atoms with van der Waals surface area (Å²) in [7, 11) is 0. The number of aromatic nitrogens is 3. The number of hydrogen-bond acceptors (Lipinski definition) is 6. The Labute approximate surface area is 187 Å². The van der Waals surface area contributed by atoms with Crippen molar-refractivity contribution in [1.82, 2.24) is 15.0 Å². The number of pyridine rings is 2. The predicted octanol–water partition coefficient (Wildman–Crippen LogP) is 5.18. The standard InChI is InChI=1S/C23H28N6OS/c1-6-28-12-10-15(3)29(23(30)27-22-25-16(4)17(5)31-22)21-20(28)8-7-19(26-21)18-9-11-24-14(2)13-18/h7-9,11,13,15H,6,10,12H2,1-5H3,(H,25,27,30)/t15-/m1/s1. The van der Waals surface area contributed by atoms with E-state index < -0.39 is 0 Å². The van der Waals surface area contributed by atoms with Crippen LogP contribution in [0.15, 0.2) is 30.5 Å². The molecule has 0 saturated heterocycles. The lowest BCUT2D eigenvalue weighted by Gasteiger charge is -2.28. The van der Waals surface area contributed by atoms with Gasteiger partial charge >= 0.3 is 6.03 Å². The lowest BCUT2D eigenvalue weighted by atomic mass is 10.1. The Kier molecular flexibility index (Phi) is 5.91. The van der Waals surface area contributed by atoms with Gasteiger partial charge in [-0.2, -0.15) is 0 Å². The van der Waals surface area contributed by atoms with Crippen molar-refractivity contribution in [2.45, 2.75) is 47.1 Å². The molecule has 4 rings (SSSR count). The van der Waals surface area contributed by atoms with Crippen LogP contribution in [0.1, 0.15) is 36.5 Å². The highest BCUT2D eigenvalue weighted by atomic mass is 32.1. The van der Waals surface area contributed by atoms with E-state index in [2.05, 4.69) is 40.1 Å². The van der Waals surface area contributed by atoms with E-state index in [0.29, 0.717) is 10.9 Å². The summed E-state index contributed by atoms with van der Waals surface area (Å²) in [5.41, 5.74) is 4.66. The van der Waals surface area contributed by atoms with E-state index in [1.54, 1.807) is 11.1 Å². The number of thiazole rings is 1. The third kappa shape index (κ3) is 4.25. The van der Waals surface area contributed by atoms with Gasteiger partial charge in [0, 0.05) is 41.5 Å². The van der Waals surface area contributed by atoms with Crippen molar-refractivity contribution >= 4 is 34.0 Å². The van der Waals surface area contributed by atoms with Crippen LogP contribution >= 0.6 is 11.3 Å². The molecule has 0 aliphatic carbocycles. The van der Waals surface area contributed by atoms with Crippen LogP contribution in [0.4, 0.5) is 21.4 Å². The molecule has 8 heteroatoms. The molecule has 1 aliphatic heterocycles. The Morgan fingerprint density at radius 1 is 1.23 bits per heavy atom. The maximum Gasteiger partial charge on any atom is 0.329 e. The van der Waals surface area contributed by atoms with Gasteiger partial charge in [0.15, 0.2) is 10.9 Å². The molecule has 7 nitrogen and oxygen atoms in total. The van der Waals surface area contributed by atoms with E-state index in [0.717, 1.165) is 52.7 Å². The smallest absolute Gasteiger partial charge is 0.329 e. The van der Waals surface area contributed by atoms with Crippen molar-refractivity contribution in [3.05, 3.63) is 46.7 Å². The first-order chi connectivity index (χ1) is 14.9. The van der Waals surface area contributed by atoms with Crippen molar-refractivity contribution < 1.29 is 4.79 Å². The number of amides is 2. The summed E-state index contributed by atoms with van der Waals surface area (Å²) in [5.74, 6) is 0.682. The zero-order valence-corrected chi connectivity index (χ0v) is 19.5. The number of rotatable bonds is 3. The molecule has 0 radical (unpaired) electrons. The second-order valence-corrected chi connectivity index (χ2v) is 9.11. The minimum Gasteiger partial charge on any atom is -0.369 e. The third-order valence-electron chi connectivity index (χ3n) is 5.72. The number of nitrogens with zero attached hydrogens (tertiary/aromatic N) is 5. The van der Waals surface area contributed by atoms with Gasteiger partial charge in [0.05, 0.1) is 17.1 Å². The summed E-state index contributed by atoms with van der Waals surface area (Å²) >= 11 is 1.49. The van der Waals surface area contributed by atoms with Gasteiger partial charge in [-0.3, -0.25) is 15.2 Å². The molecule has 0 fully saturated rings. The Bertz CT molecular complexity index is 1090. The van der Waals surface area contributed by atoms with Crippen LogP contribution < -0.4 is 15.1 Å². The minimum absolute atomic E-state index is 0.000572. The van der Waals surface area contributed by atoms with Gasteiger partial charge in [0.25, 0.3) is 0 Å². The second kappa shape index (κ2) is 8.63. The van der Waals surface area contributed by atoms with Crippen molar-refractivity contribution in [1.29, 1.82) is 0 Å².